The van der Waals surface area contributed by atoms with E-state index in [9.17, 15) is 14.0 Å². The van der Waals surface area contributed by atoms with Crippen LogP contribution in [0.15, 0.2) is 48.5 Å². The SMILES string of the molecule is CC[C@H](NC(=O)CCl)C(=O)N1CCC(CCN2C3CC[C@H]2CC(n2c(C)nc4ccccc42)C3)(c2cccc(F)c2)CC1. The van der Waals surface area contributed by atoms with Crippen LogP contribution in [0.4, 0.5) is 4.39 Å². The number of piperidine rings is 2. The van der Waals surface area contributed by atoms with Crippen LogP contribution in [0.3, 0.4) is 0 Å². The lowest BCUT2D eigenvalue weighted by Crippen LogP contribution is -2.53. The van der Waals surface area contributed by atoms with Gasteiger partial charge in [-0.25, -0.2) is 9.37 Å². The molecule has 230 valence electrons. The molecule has 43 heavy (non-hydrogen) atoms. The smallest absolute Gasteiger partial charge is 0.245 e. The van der Waals surface area contributed by atoms with Gasteiger partial charge in [-0.3, -0.25) is 14.5 Å². The van der Waals surface area contributed by atoms with Gasteiger partial charge in [0.2, 0.25) is 11.8 Å². The number of rotatable bonds is 9. The second-order valence-electron chi connectivity index (χ2n) is 12.8. The zero-order valence-electron chi connectivity index (χ0n) is 25.3. The fourth-order valence-corrected chi connectivity index (χ4v) is 8.32. The summed E-state index contributed by atoms with van der Waals surface area (Å²) < 4.78 is 17.0. The highest BCUT2D eigenvalue weighted by molar-refractivity contribution is 6.27. The highest BCUT2D eigenvalue weighted by atomic mass is 35.5. The van der Waals surface area contributed by atoms with Crippen molar-refractivity contribution in [1.82, 2.24) is 24.7 Å². The second kappa shape index (κ2) is 12.6. The normalized spacial score (nSPS) is 24.3. The number of aromatic nitrogens is 2. The number of carbonyl (C=O) groups excluding carboxylic acids is 2. The molecule has 7 nitrogen and oxygen atoms in total. The molecule has 2 amide bonds. The van der Waals surface area contributed by atoms with Crippen molar-refractivity contribution in [2.75, 3.05) is 25.5 Å². The maximum absolute atomic E-state index is 14.5. The van der Waals surface area contributed by atoms with E-state index in [-0.39, 0.29) is 28.9 Å². The van der Waals surface area contributed by atoms with Gasteiger partial charge in [0.1, 0.15) is 23.6 Å². The van der Waals surface area contributed by atoms with E-state index in [1.807, 2.05) is 17.9 Å². The lowest BCUT2D eigenvalue weighted by Gasteiger charge is -2.46. The van der Waals surface area contributed by atoms with E-state index >= 15 is 0 Å². The number of likely N-dealkylation sites (tertiary alicyclic amines) is 1. The second-order valence-corrected chi connectivity index (χ2v) is 13.1. The first-order valence-electron chi connectivity index (χ1n) is 15.9. The number of hydrogen-bond donors (Lipinski definition) is 1. The number of halogens is 2. The van der Waals surface area contributed by atoms with E-state index in [0.29, 0.717) is 37.6 Å². The summed E-state index contributed by atoms with van der Waals surface area (Å²) in [6.45, 7) is 6.17. The van der Waals surface area contributed by atoms with Crippen molar-refractivity contribution in [2.45, 2.75) is 94.8 Å². The fourth-order valence-electron chi connectivity index (χ4n) is 8.24. The number of hydrogen-bond acceptors (Lipinski definition) is 4. The Balaban J connectivity index is 1.16. The standard InChI is InChI=1S/C34H43ClFN5O2/c1-3-29(38-32(42)22-35)33(43)39-16-13-34(14-17-39,24-7-6-8-25(36)19-24)15-18-40-26-11-12-27(40)21-28(20-26)41-23(2)37-30-9-4-5-10-31(30)41/h4-10,19,26-29H,3,11-18,20-22H2,1-2H3,(H,38,42)/t26-,27?,28?,29-/m0/s1. The first kappa shape index (κ1) is 30.1. The minimum absolute atomic E-state index is 0.0590. The molecule has 3 aliphatic heterocycles. The molecular formula is C34H43ClFN5O2. The number of nitrogens with zero attached hydrogens (tertiary/aromatic N) is 4. The first-order valence-corrected chi connectivity index (χ1v) is 16.4. The molecule has 3 aliphatic rings. The van der Waals surface area contributed by atoms with Gasteiger partial charge < -0.3 is 14.8 Å². The van der Waals surface area contributed by atoms with E-state index < -0.39 is 6.04 Å². The van der Waals surface area contributed by atoms with E-state index in [2.05, 4.69) is 52.0 Å². The fraction of sp³-hybridized carbons (Fsp3) is 0.559. The summed E-state index contributed by atoms with van der Waals surface area (Å²) in [4.78, 5) is 34.6. The predicted octanol–water partition coefficient (Wildman–Crippen LogP) is 5.74. The molecule has 1 aromatic heterocycles. The Labute approximate surface area is 258 Å². The van der Waals surface area contributed by atoms with Crippen LogP contribution in [0.2, 0.25) is 0 Å². The van der Waals surface area contributed by atoms with Gasteiger partial charge in [0.25, 0.3) is 0 Å². The number of para-hydroxylation sites is 2. The average molecular weight is 608 g/mol. The van der Waals surface area contributed by atoms with Crippen LogP contribution in [-0.2, 0) is 15.0 Å². The van der Waals surface area contributed by atoms with Crippen molar-refractivity contribution in [2.24, 2.45) is 0 Å². The number of alkyl halides is 1. The van der Waals surface area contributed by atoms with Crippen LogP contribution in [-0.4, -0.2) is 74.8 Å². The quantitative estimate of drug-likeness (QED) is 0.315. The number of imidazole rings is 1. The molecule has 4 heterocycles. The average Bonchev–Trinajstić information content (AvgIpc) is 3.48. The van der Waals surface area contributed by atoms with Crippen molar-refractivity contribution in [3.63, 3.8) is 0 Å². The summed E-state index contributed by atoms with van der Waals surface area (Å²) in [5.74, 6) is 0.329. The molecule has 9 heteroatoms. The van der Waals surface area contributed by atoms with Crippen molar-refractivity contribution in [3.05, 3.63) is 65.7 Å². The summed E-state index contributed by atoms with van der Waals surface area (Å²) in [6, 6.07) is 16.5. The van der Waals surface area contributed by atoms with Crippen LogP contribution in [0.25, 0.3) is 11.0 Å². The lowest BCUT2D eigenvalue weighted by atomic mass is 9.70. The van der Waals surface area contributed by atoms with Crippen LogP contribution in [0.1, 0.15) is 75.7 Å². The van der Waals surface area contributed by atoms with Gasteiger partial charge in [0.15, 0.2) is 0 Å². The Bertz CT molecular complexity index is 1450. The number of nitrogens with one attached hydrogen (secondary N) is 1. The molecule has 0 spiro atoms. The highest BCUT2D eigenvalue weighted by Gasteiger charge is 2.44. The lowest BCUT2D eigenvalue weighted by molar-refractivity contribution is -0.137. The molecule has 3 saturated heterocycles. The van der Waals surface area contributed by atoms with Gasteiger partial charge in [-0.2, -0.15) is 0 Å². The zero-order valence-corrected chi connectivity index (χ0v) is 26.0. The molecule has 3 aromatic rings. The van der Waals surface area contributed by atoms with E-state index in [1.54, 1.807) is 6.07 Å². The number of amides is 2. The van der Waals surface area contributed by atoms with E-state index in [4.69, 9.17) is 16.6 Å². The summed E-state index contributed by atoms with van der Waals surface area (Å²) in [7, 11) is 0. The molecule has 0 saturated carbocycles. The topological polar surface area (TPSA) is 70.5 Å². The molecule has 0 radical (unpaired) electrons. The van der Waals surface area contributed by atoms with Gasteiger partial charge in [0.05, 0.1) is 11.0 Å². The molecular weight excluding hydrogens is 565 g/mol. The van der Waals surface area contributed by atoms with Crippen LogP contribution < -0.4 is 5.32 Å². The van der Waals surface area contributed by atoms with Gasteiger partial charge in [0, 0.05) is 31.2 Å². The van der Waals surface area contributed by atoms with E-state index in [1.165, 1.54) is 24.4 Å². The molecule has 4 atom stereocenters. The van der Waals surface area contributed by atoms with Crippen molar-refractivity contribution < 1.29 is 14.0 Å². The van der Waals surface area contributed by atoms with Crippen LogP contribution in [0, 0.1) is 12.7 Å². The summed E-state index contributed by atoms with van der Waals surface area (Å²) in [5, 5.41) is 2.76. The third-order valence-electron chi connectivity index (χ3n) is 10.5. The summed E-state index contributed by atoms with van der Waals surface area (Å²) in [5.41, 5.74) is 3.14. The molecule has 6 rings (SSSR count). The van der Waals surface area contributed by atoms with Crippen molar-refractivity contribution in [1.29, 1.82) is 0 Å². The minimum Gasteiger partial charge on any atom is -0.343 e. The third kappa shape index (κ3) is 5.93. The number of benzene rings is 2. The molecule has 1 N–H and O–H groups in total. The van der Waals surface area contributed by atoms with Gasteiger partial charge >= 0.3 is 0 Å². The Morgan fingerprint density at radius 3 is 2.47 bits per heavy atom. The van der Waals surface area contributed by atoms with Crippen molar-refractivity contribution in [3.8, 4) is 0 Å². The molecule has 2 unspecified atom stereocenters. The van der Waals surface area contributed by atoms with Crippen LogP contribution >= 0.6 is 11.6 Å². The minimum atomic E-state index is -0.568. The Kier molecular flexibility index (Phi) is 8.79. The number of fused-ring (bicyclic) bond motifs is 3. The number of carbonyl (C=O) groups is 2. The Morgan fingerprint density at radius 1 is 1.07 bits per heavy atom. The van der Waals surface area contributed by atoms with Crippen LogP contribution in [0.5, 0.6) is 0 Å². The van der Waals surface area contributed by atoms with Crippen molar-refractivity contribution >= 4 is 34.4 Å². The largest absolute Gasteiger partial charge is 0.343 e. The molecule has 3 fully saturated rings. The maximum Gasteiger partial charge on any atom is 0.245 e. The molecule has 2 aromatic carbocycles. The summed E-state index contributed by atoms with van der Waals surface area (Å²) >= 11 is 5.67. The zero-order chi connectivity index (χ0) is 30.1. The number of aryl methyl sites for hydroxylation is 1. The van der Waals surface area contributed by atoms with Gasteiger partial charge in [-0.1, -0.05) is 31.2 Å². The van der Waals surface area contributed by atoms with Gasteiger partial charge in [-0.05, 0) is 100 Å². The third-order valence-corrected chi connectivity index (χ3v) is 10.7. The molecule has 0 aliphatic carbocycles. The van der Waals surface area contributed by atoms with Gasteiger partial charge in [-0.15, -0.1) is 11.6 Å². The highest BCUT2D eigenvalue weighted by Crippen LogP contribution is 2.45. The van der Waals surface area contributed by atoms with E-state index in [0.717, 1.165) is 55.6 Å². The first-order chi connectivity index (χ1) is 20.8. The maximum atomic E-state index is 14.5. The Hall–Kier alpha value is -2.97. The summed E-state index contributed by atoms with van der Waals surface area (Å²) in [6.07, 6.45) is 7.67. The molecule has 2 bridgehead atoms. The predicted molar refractivity (Wildman–Crippen MR) is 168 cm³/mol. The Morgan fingerprint density at radius 2 is 1.79 bits per heavy atom. The monoisotopic (exact) mass is 607 g/mol.